The first-order valence-corrected chi connectivity index (χ1v) is 5.34. The second kappa shape index (κ2) is 4.41. The van der Waals surface area contributed by atoms with E-state index in [0.717, 1.165) is 5.69 Å². The summed E-state index contributed by atoms with van der Waals surface area (Å²) >= 11 is 0. The Morgan fingerprint density at radius 1 is 1.24 bits per heavy atom. The summed E-state index contributed by atoms with van der Waals surface area (Å²) in [6.07, 6.45) is 0. The molecule has 0 spiro atoms. The Labute approximate surface area is 99.5 Å². The maximum atomic E-state index is 12.0. The fourth-order valence-corrected chi connectivity index (χ4v) is 1.85. The molecule has 2 aromatic rings. The first kappa shape index (κ1) is 11.4. The van der Waals surface area contributed by atoms with Crippen molar-refractivity contribution in [3.8, 4) is 11.4 Å². The van der Waals surface area contributed by atoms with Gasteiger partial charge in [0.25, 0.3) is 5.56 Å². The Balaban J connectivity index is 2.73. The van der Waals surface area contributed by atoms with Gasteiger partial charge in [-0.2, -0.15) is 0 Å². The van der Waals surface area contributed by atoms with Crippen LogP contribution in [0.15, 0.2) is 35.1 Å². The number of nitrogens with zero attached hydrogens (tertiary/aromatic N) is 2. The molecule has 0 amide bonds. The second-order valence-corrected chi connectivity index (χ2v) is 3.79. The lowest BCUT2D eigenvalue weighted by Gasteiger charge is -2.12. The lowest BCUT2D eigenvalue weighted by molar-refractivity contribution is 0.412. The van der Waals surface area contributed by atoms with E-state index in [2.05, 4.69) is 4.98 Å². The first-order chi connectivity index (χ1) is 8.13. The molecule has 1 heterocycles. The number of hydrogen-bond donors (Lipinski definition) is 0. The van der Waals surface area contributed by atoms with Crippen molar-refractivity contribution in [2.24, 2.45) is 0 Å². The summed E-state index contributed by atoms with van der Waals surface area (Å²) in [6, 6.07) is 8.90. The Hall–Kier alpha value is -2.10. The minimum atomic E-state index is -0.0977. The summed E-state index contributed by atoms with van der Waals surface area (Å²) in [5.74, 6) is 1.31. The number of rotatable bonds is 2. The van der Waals surface area contributed by atoms with E-state index in [4.69, 9.17) is 4.74 Å². The molecule has 0 aliphatic rings. The van der Waals surface area contributed by atoms with Gasteiger partial charge in [-0.15, -0.1) is 0 Å². The molecule has 0 aliphatic heterocycles. The molecule has 0 bridgehead atoms. The van der Waals surface area contributed by atoms with Crippen molar-refractivity contribution < 1.29 is 4.74 Å². The standard InChI is InChI=1S/C13H14N2O2/c1-9-8-13(16)15(10(2)14-9)11-6-4-5-7-12(11)17-3/h4-8H,1-3H3. The zero-order chi connectivity index (χ0) is 12.4. The van der Waals surface area contributed by atoms with Crippen molar-refractivity contribution in [2.45, 2.75) is 13.8 Å². The predicted octanol–water partition coefficient (Wildman–Crippen LogP) is 1.86. The summed E-state index contributed by atoms with van der Waals surface area (Å²) in [5.41, 5.74) is 1.34. The van der Waals surface area contributed by atoms with E-state index >= 15 is 0 Å². The minimum absolute atomic E-state index is 0.0977. The molecular weight excluding hydrogens is 216 g/mol. The van der Waals surface area contributed by atoms with Gasteiger partial charge in [-0.3, -0.25) is 9.36 Å². The molecule has 4 nitrogen and oxygen atoms in total. The summed E-state index contributed by atoms with van der Waals surface area (Å²) in [6.45, 7) is 3.61. The van der Waals surface area contributed by atoms with Crippen LogP contribution in [-0.2, 0) is 0 Å². The third kappa shape index (κ3) is 2.06. The quantitative estimate of drug-likeness (QED) is 0.791. The molecule has 1 aromatic carbocycles. The number of aryl methyl sites for hydroxylation is 2. The van der Waals surface area contributed by atoms with Gasteiger partial charge in [0.2, 0.25) is 0 Å². The summed E-state index contributed by atoms with van der Waals surface area (Å²) in [5, 5.41) is 0. The van der Waals surface area contributed by atoms with Crippen molar-refractivity contribution >= 4 is 0 Å². The van der Waals surface area contributed by atoms with Gasteiger partial charge in [-0.1, -0.05) is 12.1 Å². The zero-order valence-electron chi connectivity index (χ0n) is 10.1. The minimum Gasteiger partial charge on any atom is -0.495 e. The van der Waals surface area contributed by atoms with Crippen LogP contribution in [0.25, 0.3) is 5.69 Å². The molecular formula is C13H14N2O2. The van der Waals surface area contributed by atoms with Crippen LogP contribution < -0.4 is 10.3 Å². The lowest BCUT2D eigenvalue weighted by atomic mass is 10.2. The van der Waals surface area contributed by atoms with Gasteiger partial charge in [0.1, 0.15) is 11.6 Å². The maximum Gasteiger partial charge on any atom is 0.258 e. The van der Waals surface area contributed by atoms with E-state index in [-0.39, 0.29) is 5.56 Å². The second-order valence-electron chi connectivity index (χ2n) is 3.79. The topological polar surface area (TPSA) is 44.1 Å². The molecule has 0 saturated carbocycles. The van der Waals surface area contributed by atoms with Crippen LogP contribution in [0.3, 0.4) is 0 Å². The fourth-order valence-electron chi connectivity index (χ4n) is 1.85. The van der Waals surface area contributed by atoms with Gasteiger partial charge in [-0.05, 0) is 26.0 Å². The number of hydrogen-bond acceptors (Lipinski definition) is 3. The van der Waals surface area contributed by atoms with E-state index in [1.807, 2.05) is 24.3 Å². The van der Waals surface area contributed by atoms with Gasteiger partial charge in [-0.25, -0.2) is 4.98 Å². The average Bonchev–Trinajstić information content (AvgIpc) is 2.28. The first-order valence-electron chi connectivity index (χ1n) is 5.34. The van der Waals surface area contributed by atoms with Crippen molar-refractivity contribution in [3.05, 3.63) is 52.2 Å². The Kier molecular flexibility index (Phi) is 2.95. The number of aromatic nitrogens is 2. The number of ether oxygens (including phenoxy) is 1. The van der Waals surface area contributed by atoms with Crippen LogP contribution in [-0.4, -0.2) is 16.7 Å². The largest absolute Gasteiger partial charge is 0.495 e. The molecule has 0 atom stereocenters. The highest BCUT2D eigenvalue weighted by molar-refractivity contribution is 5.47. The van der Waals surface area contributed by atoms with Gasteiger partial charge >= 0.3 is 0 Å². The lowest BCUT2D eigenvalue weighted by Crippen LogP contribution is -2.22. The fraction of sp³-hybridized carbons (Fsp3) is 0.231. The third-order valence-electron chi connectivity index (χ3n) is 2.54. The van der Waals surface area contributed by atoms with E-state index < -0.39 is 0 Å². The van der Waals surface area contributed by atoms with E-state index in [9.17, 15) is 4.79 Å². The molecule has 0 fully saturated rings. The summed E-state index contributed by atoms with van der Waals surface area (Å²) in [7, 11) is 1.58. The van der Waals surface area contributed by atoms with Gasteiger partial charge in [0.05, 0.1) is 12.8 Å². The van der Waals surface area contributed by atoms with E-state index in [1.54, 1.807) is 25.5 Å². The molecule has 0 unspecified atom stereocenters. The highest BCUT2D eigenvalue weighted by Gasteiger charge is 2.09. The van der Waals surface area contributed by atoms with Gasteiger partial charge in [0.15, 0.2) is 0 Å². The normalized spacial score (nSPS) is 10.3. The van der Waals surface area contributed by atoms with Gasteiger partial charge < -0.3 is 4.74 Å². The number of para-hydroxylation sites is 2. The third-order valence-corrected chi connectivity index (χ3v) is 2.54. The SMILES string of the molecule is COc1ccccc1-n1c(C)nc(C)cc1=O. The van der Waals surface area contributed by atoms with Crippen LogP contribution in [0.1, 0.15) is 11.5 Å². The van der Waals surface area contributed by atoms with Crippen molar-refractivity contribution in [3.63, 3.8) is 0 Å². The highest BCUT2D eigenvalue weighted by Crippen LogP contribution is 2.21. The predicted molar refractivity (Wildman–Crippen MR) is 65.9 cm³/mol. The molecule has 2 rings (SSSR count). The van der Waals surface area contributed by atoms with Crippen LogP contribution in [0.4, 0.5) is 0 Å². The number of methoxy groups -OCH3 is 1. The molecule has 0 N–H and O–H groups in total. The molecule has 88 valence electrons. The van der Waals surface area contributed by atoms with Gasteiger partial charge in [0, 0.05) is 11.8 Å². The average molecular weight is 230 g/mol. The van der Waals surface area contributed by atoms with Crippen LogP contribution >= 0.6 is 0 Å². The van der Waals surface area contributed by atoms with Crippen LogP contribution in [0.2, 0.25) is 0 Å². The molecule has 4 heteroatoms. The molecule has 17 heavy (non-hydrogen) atoms. The number of benzene rings is 1. The van der Waals surface area contributed by atoms with E-state index in [1.165, 1.54) is 6.07 Å². The molecule has 0 saturated heterocycles. The van der Waals surface area contributed by atoms with Crippen molar-refractivity contribution in [2.75, 3.05) is 7.11 Å². The maximum absolute atomic E-state index is 12.0. The van der Waals surface area contributed by atoms with Crippen molar-refractivity contribution in [1.29, 1.82) is 0 Å². The molecule has 1 aromatic heterocycles. The zero-order valence-corrected chi connectivity index (χ0v) is 10.1. The van der Waals surface area contributed by atoms with Crippen molar-refractivity contribution in [1.82, 2.24) is 9.55 Å². The van der Waals surface area contributed by atoms with Crippen LogP contribution in [0.5, 0.6) is 5.75 Å². The summed E-state index contributed by atoms with van der Waals surface area (Å²) in [4.78, 5) is 16.3. The summed E-state index contributed by atoms with van der Waals surface area (Å²) < 4.78 is 6.80. The monoisotopic (exact) mass is 230 g/mol. The Bertz CT molecular complexity index is 603. The highest BCUT2D eigenvalue weighted by atomic mass is 16.5. The smallest absolute Gasteiger partial charge is 0.258 e. The van der Waals surface area contributed by atoms with E-state index in [0.29, 0.717) is 17.3 Å². The molecule has 0 radical (unpaired) electrons. The van der Waals surface area contributed by atoms with Crippen LogP contribution in [0, 0.1) is 13.8 Å². The molecule has 0 aliphatic carbocycles. The Morgan fingerprint density at radius 3 is 2.59 bits per heavy atom. The Morgan fingerprint density at radius 2 is 1.94 bits per heavy atom.